The van der Waals surface area contributed by atoms with E-state index >= 15 is 4.39 Å². The van der Waals surface area contributed by atoms with Gasteiger partial charge in [-0.15, -0.1) is 0 Å². The number of carbonyl (C=O) groups is 3. The molecule has 1 saturated carbocycles. The number of carbonyl (C=O) groups excluding carboxylic acids is 2. The maximum atomic E-state index is 15.2. The molecule has 3 N–H and O–H groups in total. The van der Waals surface area contributed by atoms with E-state index in [0.717, 1.165) is 18.2 Å². The van der Waals surface area contributed by atoms with Crippen LogP contribution in [0.5, 0.6) is 5.75 Å². The Labute approximate surface area is 254 Å². The summed E-state index contributed by atoms with van der Waals surface area (Å²) in [5.41, 5.74) is -5.22. The van der Waals surface area contributed by atoms with E-state index in [1.165, 1.54) is 31.4 Å². The van der Waals surface area contributed by atoms with Crippen molar-refractivity contribution >= 4 is 33.3 Å². The maximum Gasteiger partial charge on any atom is 0.501 e. The summed E-state index contributed by atoms with van der Waals surface area (Å²) in [5.74, 6) is -4.79. The van der Waals surface area contributed by atoms with Crippen LogP contribution in [0.4, 0.5) is 23.2 Å². The normalized spacial score (nSPS) is 20.6. The summed E-state index contributed by atoms with van der Waals surface area (Å²) in [7, 11) is -4.41. The Hall–Kier alpha value is -4.72. The van der Waals surface area contributed by atoms with Gasteiger partial charge in [0, 0.05) is 23.4 Å². The number of methoxy groups -OCH3 is 1. The van der Waals surface area contributed by atoms with E-state index in [9.17, 15) is 41.1 Å². The Morgan fingerprint density at radius 2 is 1.69 bits per heavy atom. The number of rotatable bonds is 9. The molecule has 3 aromatic carbocycles. The molecular formula is C31H26F4N2O7S. The molecule has 14 heteroatoms. The van der Waals surface area contributed by atoms with Crippen molar-refractivity contribution in [3.05, 3.63) is 89.8 Å². The van der Waals surface area contributed by atoms with Crippen LogP contribution in [0.1, 0.15) is 22.3 Å². The average Bonchev–Trinajstić information content (AvgIpc) is 3.59. The van der Waals surface area contributed by atoms with E-state index in [2.05, 4.69) is 10.6 Å². The van der Waals surface area contributed by atoms with E-state index in [4.69, 9.17) is 4.74 Å². The Bertz CT molecular complexity index is 1820. The number of halogens is 4. The molecule has 236 valence electrons. The molecule has 4 unspecified atom stereocenters. The highest BCUT2D eigenvalue weighted by Gasteiger charge is 2.49. The highest BCUT2D eigenvalue weighted by molar-refractivity contribution is 7.92. The first kappa shape index (κ1) is 31.7. The van der Waals surface area contributed by atoms with Crippen LogP contribution in [-0.2, 0) is 25.8 Å². The number of benzene rings is 3. The van der Waals surface area contributed by atoms with E-state index < -0.39 is 55.8 Å². The summed E-state index contributed by atoms with van der Waals surface area (Å²) in [4.78, 5) is 37.4. The fourth-order valence-electron chi connectivity index (χ4n) is 5.91. The second-order valence-corrected chi connectivity index (χ2v) is 12.6. The largest absolute Gasteiger partial charge is 0.501 e. The first-order chi connectivity index (χ1) is 21.2. The Balaban J connectivity index is 1.42. The van der Waals surface area contributed by atoms with Crippen LogP contribution in [0.15, 0.2) is 77.7 Å². The molecule has 4 atom stereocenters. The molecule has 0 aliphatic heterocycles. The number of amides is 2. The topological polar surface area (TPSA) is 139 Å². The second-order valence-electron chi connectivity index (χ2n) is 10.7. The van der Waals surface area contributed by atoms with Gasteiger partial charge in [-0.05, 0) is 53.6 Å². The monoisotopic (exact) mass is 646 g/mol. The van der Waals surface area contributed by atoms with E-state index in [1.807, 2.05) is 6.08 Å². The molecule has 45 heavy (non-hydrogen) atoms. The number of alkyl halides is 3. The zero-order valence-electron chi connectivity index (χ0n) is 23.5. The van der Waals surface area contributed by atoms with Crippen molar-refractivity contribution in [1.29, 1.82) is 0 Å². The molecule has 0 spiro atoms. The average molecular weight is 647 g/mol. The second kappa shape index (κ2) is 12.0. The lowest BCUT2D eigenvalue weighted by Crippen LogP contribution is -2.47. The SMILES string of the molecule is COc1cc(F)c(-c2ccccc2CC(=O)O)cc1C(=O)NC1C2C=CC(C2)C1C(=O)Nc1cccc(S(=O)(=O)C(F)(F)F)c1. The van der Waals surface area contributed by atoms with Gasteiger partial charge in [-0.1, -0.05) is 42.5 Å². The quantitative estimate of drug-likeness (QED) is 0.220. The van der Waals surface area contributed by atoms with Crippen LogP contribution in [0.3, 0.4) is 0 Å². The minimum absolute atomic E-state index is 0.0337. The first-order valence-electron chi connectivity index (χ1n) is 13.6. The molecule has 9 nitrogen and oxygen atoms in total. The minimum Gasteiger partial charge on any atom is -0.496 e. The Morgan fingerprint density at radius 1 is 0.978 bits per heavy atom. The lowest BCUT2D eigenvalue weighted by atomic mass is 9.87. The summed E-state index contributed by atoms with van der Waals surface area (Å²) < 4.78 is 83.4. The Kier molecular flexibility index (Phi) is 8.45. The number of carboxylic acid groups (broad SMARTS) is 1. The number of hydrogen-bond donors (Lipinski definition) is 3. The van der Waals surface area contributed by atoms with Crippen LogP contribution in [0, 0.1) is 23.6 Å². The van der Waals surface area contributed by atoms with Gasteiger partial charge in [0.15, 0.2) is 0 Å². The standard InChI is InChI=1S/C31H26F4N2O7S/c1-44-25-15-24(32)22(21-8-3-2-5-16(21)12-26(38)39)14-23(25)29(40)37-28-18-10-9-17(11-18)27(28)30(41)36-19-6-4-7-20(13-19)45(42,43)31(33,34)35/h2-10,13-15,17-18,27-28H,11-12H2,1H3,(H,36,41)(H,37,40)(H,38,39). The lowest BCUT2D eigenvalue weighted by Gasteiger charge is -2.28. The molecule has 0 saturated heterocycles. The van der Waals surface area contributed by atoms with Gasteiger partial charge in [0.25, 0.3) is 15.7 Å². The molecule has 5 rings (SSSR count). The number of allylic oxidation sites excluding steroid dienone is 1. The fraction of sp³-hybridized carbons (Fsp3) is 0.258. The molecule has 0 heterocycles. The molecule has 2 aliphatic carbocycles. The van der Waals surface area contributed by atoms with Crippen LogP contribution < -0.4 is 15.4 Å². The van der Waals surface area contributed by atoms with Crippen LogP contribution in [-0.4, -0.2) is 50.0 Å². The van der Waals surface area contributed by atoms with E-state index in [1.54, 1.807) is 18.2 Å². The molecule has 0 aromatic heterocycles. The molecular weight excluding hydrogens is 620 g/mol. The van der Waals surface area contributed by atoms with Gasteiger partial charge in [0.05, 0.1) is 29.9 Å². The number of ether oxygens (including phenoxy) is 1. The number of carboxylic acids is 1. The first-order valence-corrected chi connectivity index (χ1v) is 15.1. The van der Waals surface area contributed by atoms with Gasteiger partial charge in [0.2, 0.25) is 5.91 Å². The predicted molar refractivity (Wildman–Crippen MR) is 154 cm³/mol. The molecule has 0 radical (unpaired) electrons. The smallest absolute Gasteiger partial charge is 0.496 e. The van der Waals surface area contributed by atoms with Gasteiger partial charge in [-0.25, -0.2) is 12.8 Å². The van der Waals surface area contributed by atoms with Crippen molar-refractivity contribution in [2.75, 3.05) is 12.4 Å². The molecule has 2 amide bonds. The zero-order valence-corrected chi connectivity index (χ0v) is 24.3. The summed E-state index contributed by atoms with van der Waals surface area (Å²) in [6.07, 6.45) is 3.76. The van der Waals surface area contributed by atoms with Gasteiger partial charge in [-0.2, -0.15) is 13.2 Å². The molecule has 2 bridgehead atoms. The number of sulfone groups is 1. The summed E-state index contributed by atoms with van der Waals surface area (Å²) in [5, 5.41) is 14.6. The summed E-state index contributed by atoms with van der Waals surface area (Å²) in [6.45, 7) is 0. The number of anilines is 1. The molecule has 1 fully saturated rings. The predicted octanol–water partition coefficient (Wildman–Crippen LogP) is 4.98. The Morgan fingerprint density at radius 3 is 2.38 bits per heavy atom. The third-order valence-corrected chi connectivity index (χ3v) is 9.44. The van der Waals surface area contributed by atoms with Crippen molar-refractivity contribution in [3.8, 4) is 16.9 Å². The number of fused-ring (bicyclic) bond motifs is 2. The van der Waals surface area contributed by atoms with Crippen molar-refractivity contribution < 1.29 is 50.2 Å². The van der Waals surface area contributed by atoms with Crippen LogP contribution in [0.25, 0.3) is 11.1 Å². The van der Waals surface area contributed by atoms with Crippen molar-refractivity contribution in [3.63, 3.8) is 0 Å². The number of nitrogens with one attached hydrogen (secondary N) is 2. The van der Waals surface area contributed by atoms with Crippen molar-refractivity contribution in [2.24, 2.45) is 17.8 Å². The van der Waals surface area contributed by atoms with Crippen LogP contribution in [0.2, 0.25) is 0 Å². The fourth-order valence-corrected chi connectivity index (χ4v) is 6.72. The van der Waals surface area contributed by atoms with Gasteiger partial charge in [-0.3, -0.25) is 14.4 Å². The highest BCUT2D eigenvalue weighted by atomic mass is 32.2. The highest BCUT2D eigenvalue weighted by Crippen LogP contribution is 2.45. The van der Waals surface area contributed by atoms with Crippen LogP contribution >= 0.6 is 0 Å². The van der Waals surface area contributed by atoms with E-state index in [-0.39, 0.29) is 46.4 Å². The minimum atomic E-state index is -5.65. The zero-order chi connectivity index (χ0) is 32.7. The lowest BCUT2D eigenvalue weighted by molar-refractivity contribution is -0.136. The van der Waals surface area contributed by atoms with Crippen molar-refractivity contribution in [2.45, 2.75) is 29.3 Å². The third-order valence-electron chi connectivity index (χ3n) is 7.96. The maximum absolute atomic E-state index is 15.2. The number of aliphatic carboxylic acids is 1. The van der Waals surface area contributed by atoms with Gasteiger partial charge in [0.1, 0.15) is 11.6 Å². The summed E-state index contributed by atoms with van der Waals surface area (Å²) >= 11 is 0. The van der Waals surface area contributed by atoms with Gasteiger partial charge >= 0.3 is 11.5 Å². The van der Waals surface area contributed by atoms with Gasteiger partial charge < -0.3 is 20.5 Å². The third kappa shape index (κ3) is 6.14. The molecule has 2 aliphatic rings. The van der Waals surface area contributed by atoms with E-state index in [0.29, 0.717) is 18.1 Å². The number of hydrogen-bond acceptors (Lipinski definition) is 6. The summed E-state index contributed by atoms with van der Waals surface area (Å²) in [6, 6.07) is 11.6. The molecule has 3 aromatic rings. The van der Waals surface area contributed by atoms with Crippen molar-refractivity contribution in [1.82, 2.24) is 5.32 Å².